The first-order valence-electron chi connectivity index (χ1n) is 8.26. The predicted molar refractivity (Wildman–Crippen MR) is 90.3 cm³/mol. The van der Waals surface area contributed by atoms with Gasteiger partial charge in [0.05, 0.1) is 11.2 Å². The van der Waals surface area contributed by atoms with Crippen molar-refractivity contribution in [3.8, 4) is 0 Å². The third-order valence-corrected chi connectivity index (χ3v) is 5.07. The summed E-state index contributed by atoms with van der Waals surface area (Å²) in [5, 5.41) is 0. The summed E-state index contributed by atoms with van der Waals surface area (Å²) in [7, 11) is -0.245. The van der Waals surface area contributed by atoms with Crippen LogP contribution in [0.15, 0.2) is 12.1 Å². The standard InChI is InChI=1S/C18H29BO2/c1-8-13-11-14(9-2)16(15(10-3)12-13)19-20-17(4,5)18(6,7)21-19/h11-12H,8-10H2,1-7H3. The molecule has 0 radical (unpaired) electrons. The Kier molecular flexibility index (Phi) is 4.56. The van der Waals surface area contributed by atoms with Crippen LogP contribution in [0.3, 0.4) is 0 Å². The lowest BCUT2D eigenvalue weighted by molar-refractivity contribution is 0.00578. The Morgan fingerprint density at radius 1 is 0.810 bits per heavy atom. The van der Waals surface area contributed by atoms with Crippen LogP contribution in [0.2, 0.25) is 0 Å². The van der Waals surface area contributed by atoms with Crippen molar-refractivity contribution in [3.63, 3.8) is 0 Å². The molecular formula is C18H29BO2. The van der Waals surface area contributed by atoms with Crippen LogP contribution in [0.4, 0.5) is 0 Å². The van der Waals surface area contributed by atoms with Gasteiger partial charge in [-0.25, -0.2) is 0 Å². The molecule has 0 unspecified atom stereocenters. The summed E-state index contributed by atoms with van der Waals surface area (Å²) in [6, 6.07) is 4.64. The molecule has 1 aromatic rings. The van der Waals surface area contributed by atoms with E-state index < -0.39 is 0 Å². The van der Waals surface area contributed by atoms with Crippen molar-refractivity contribution in [1.29, 1.82) is 0 Å². The van der Waals surface area contributed by atoms with Crippen molar-refractivity contribution in [2.24, 2.45) is 0 Å². The Labute approximate surface area is 130 Å². The first-order valence-corrected chi connectivity index (χ1v) is 8.26. The van der Waals surface area contributed by atoms with E-state index in [1.54, 1.807) is 0 Å². The quantitative estimate of drug-likeness (QED) is 0.787. The maximum absolute atomic E-state index is 6.29. The second kappa shape index (κ2) is 5.77. The molecule has 1 aliphatic heterocycles. The van der Waals surface area contributed by atoms with Gasteiger partial charge in [0.15, 0.2) is 0 Å². The smallest absolute Gasteiger partial charge is 0.399 e. The number of benzene rings is 1. The highest BCUT2D eigenvalue weighted by Crippen LogP contribution is 2.37. The highest BCUT2D eigenvalue weighted by atomic mass is 16.7. The highest BCUT2D eigenvalue weighted by molar-refractivity contribution is 6.63. The zero-order valence-corrected chi connectivity index (χ0v) is 14.7. The van der Waals surface area contributed by atoms with Crippen LogP contribution >= 0.6 is 0 Å². The summed E-state index contributed by atoms with van der Waals surface area (Å²) in [5.74, 6) is 0. The van der Waals surface area contributed by atoms with E-state index in [9.17, 15) is 0 Å². The zero-order valence-electron chi connectivity index (χ0n) is 14.7. The molecule has 0 N–H and O–H groups in total. The molecule has 3 heteroatoms. The molecule has 0 saturated carbocycles. The molecule has 0 aromatic heterocycles. The monoisotopic (exact) mass is 288 g/mol. The largest absolute Gasteiger partial charge is 0.495 e. The third kappa shape index (κ3) is 2.91. The molecule has 0 bridgehead atoms. The zero-order chi connectivity index (χ0) is 15.8. The Morgan fingerprint density at radius 2 is 1.24 bits per heavy atom. The van der Waals surface area contributed by atoms with Gasteiger partial charge in [0, 0.05) is 0 Å². The molecule has 2 rings (SSSR count). The Balaban J connectivity index is 2.49. The minimum absolute atomic E-state index is 0.245. The van der Waals surface area contributed by atoms with Crippen LogP contribution < -0.4 is 5.46 Å². The molecule has 1 fully saturated rings. The molecule has 0 atom stereocenters. The summed E-state index contributed by atoms with van der Waals surface area (Å²) < 4.78 is 12.6. The number of hydrogen-bond acceptors (Lipinski definition) is 2. The third-order valence-electron chi connectivity index (χ3n) is 5.07. The summed E-state index contributed by atoms with van der Waals surface area (Å²) in [6.07, 6.45) is 3.10. The first-order chi connectivity index (χ1) is 9.75. The minimum atomic E-state index is -0.281. The molecule has 21 heavy (non-hydrogen) atoms. The minimum Gasteiger partial charge on any atom is -0.399 e. The average Bonchev–Trinajstić information content (AvgIpc) is 2.65. The van der Waals surface area contributed by atoms with E-state index in [0.29, 0.717) is 0 Å². The molecule has 2 nitrogen and oxygen atoms in total. The Hall–Kier alpha value is -0.795. The van der Waals surface area contributed by atoms with Gasteiger partial charge < -0.3 is 9.31 Å². The van der Waals surface area contributed by atoms with Crippen molar-refractivity contribution in [2.75, 3.05) is 0 Å². The fourth-order valence-corrected chi connectivity index (χ4v) is 2.90. The van der Waals surface area contributed by atoms with Gasteiger partial charge in [-0.2, -0.15) is 0 Å². The van der Waals surface area contributed by atoms with E-state index in [2.05, 4.69) is 60.6 Å². The van der Waals surface area contributed by atoms with Gasteiger partial charge in [-0.05, 0) is 69.1 Å². The lowest BCUT2D eigenvalue weighted by atomic mass is 9.71. The van der Waals surface area contributed by atoms with Crippen molar-refractivity contribution in [1.82, 2.24) is 0 Å². The second-order valence-electron chi connectivity index (χ2n) is 6.98. The normalized spacial score (nSPS) is 20.0. The first kappa shape index (κ1) is 16.6. The van der Waals surface area contributed by atoms with Crippen molar-refractivity contribution >= 4 is 12.6 Å². The van der Waals surface area contributed by atoms with Crippen molar-refractivity contribution < 1.29 is 9.31 Å². The van der Waals surface area contributed by atoms with Gasteiger partial charge in [0.1, 0.15) is 0 Å². The summed E-state index contributed by atoms with van der Waals surface area (Å²) in [5.41, 5.74) is 4.84. The summed E-state index contributed by atoms with van der Waals surface area (Å²) in [6.45, 7) is 15.1. The van der Waals surface area contributed by atoms with Crippen LogP contribution in [0.5, 0.6) is 0 Å². The Morgan fingerprint density at radius 3 is 1.57 bits per heavy atom. The molecule has 1 aliphatic rings. The van der Waals surface area contributed by atoms with E-state index in [1.165, 1.54) is 22.2 Å². The molecule has 1 saturated heterocycles. The summed E-state index contributed by atoms with van der Waals surface area (Å²) in [4.78, 5) is 0. The SMILES string of the molecule is CCc1cc(CC)c(B2OC(C)(C)C(C)(C)O2)c(CC)c1. The van der Waals surface area contributed by atoms with Crippen LogP contribution in [0, 0.1) is 0 Å². The second-order valence-corrected chi connectivity index (χ2v) is 6.98. The number of hydrogen-bond donors (Lipinski definition) is 0. The lowest BCUT2D eigenvalue weighted by Gasteiger charge is -2.32. The van der Waals surface area contributed by atoms with Crippen LogP contribution in [-0.4, -0.2) is 18.3 Å². The number of aryl methyl sites for hydroxylation is 3. The molecule has 0 aliphatic carbocycles. The molecule has 1 heterocycles. The molecular weight excluding hydrogens is 259 g/mol. The number of rotatable bonds is 4. The van der Waals surface area contributed by atoms with Crippen molar-refractivity contribution in [3.05, 3.63) is 28.8 Å². The van der Waals surface area contributed by atoms with E-state index >= 15 is 0 Å². The lowest BCUT2D eigenvalue weighted by Crippen LogP contribution is -2.41. The molecule has 116 valence electrons. The topological polar surface area (TPSA) is 18.5 Å². The van der Waals surface area contributed by atoms with Gasteiger partial charge in [-0.15, -0.1) is 0 Å². The van der Waals surface area contributed by atoms with Crippen LogP contribution in [0.1, 0.15) is 65.2 Å². The van der Waals surface area contributed by atoms with Gasteiger partial charge in [0.25, 0.3) is 0 Å². The molecule has 0 spiro atoms. The van der Waals surface area contributed by atoms with E-state index in [0.717, 1.165) is 19.3 Å². The van der Waals surface area contributed by atoms with Gasteiger partial charge in [0.2, 0.25) is 0 Å². The van der Waals surface area contributed by atoms with Gasteiger partial charge in [-0.3, -0.25) is 0 Å². The maximum Gasteiger partial charge on any atom is 0.495 e. The molecule has 0 amide bonds. The fraction of sp³-hybridized carbons (Fsp3) is 0.667. The average molecular weight is 288 g/mol. The Bertz CT molecular complexity index is 479. The summed E-state index contributed by atoms with van der Waals surface area (Å²) >= 11 is 0. The fourth-order valence-electron chi connectivity index (χ4n) is 2.90. The molecule has 1 aromatic carbocycles. The van der Waals surface area contributed by atoms with E-state index in [4.69, 9.17) is 9.31 Å². The van der Waals surface area contributed by atoms with Crippen LogP contribution in [-0.2, 0) is 28.6 Å². The van der Waals surface area contributed by atoms with E-state index in [-0.39, 0.29) is 18.3 Å². The van der Waals surface area contributed by atoms with Crippen LogP contribution in [0.25, 0.3) is 0 Å². The maximum atomic E-state index is 6.29. The predicted octanol–water partition coefficient (Wildman–Crippen LogP) is 3.67. The van der Waals surface area contributed by atoms with Gasteiger partial charge in [-0.1, -0.05) is 32.9 Å². The van der Waals surface area contributed by atoms with Crippen molar-refractivity contribution in [2.45, 2.75) is 78.9 Å². The van der Waals surface area contributed by atoms with Gasteiger partial charge >= 0.3 is 7.12 Å². The van der Waals surface area contributed by atoms with E-state index in [1.807, 2.05) is 0 Å². The highest BCUT2D eigenvalue weighted by Gasteiger charge is 2.52.